The molecule has 0 saturated carbocycles. The van der Waals surface area contributed by atoms with Crippen molar-refractivity contribution in [2.45, 2.75) is 18.2 Å². The molecule has 0 radical (unpaired) electrons. The van der Waals surface area contributed by atoms with Gasteiger partial charge < -0.3 is 0 Å². The molecule has 0 unspecified atom stereocenters. The van der Waals surface area contributed by atoms with E-state index in [1.807, 2.05) is 0 Å². The monoisotopic (exact) mass is 236 g/mol. The van der Waals surface area contributed by atoms with Crippen LogP contribution in [-0.2, 0) is 14.3 Å². The number of hydrogen-bond donors (Lipinski definition) is 0. The molecule has 0 N–H and O–H groups in total. The Hall–Kier alpha value is -0.720. The first-order valence-corrected chi connectivity index (χ1v) is 5.71. The fourth-order valence-corrected chi connectivity index (χ4v) is 2.06. The molecule has 0 aliphatic carbocycles. The molecule has 0 aliphatic rings. The smallest absolute Gasteiger partial charge is 0.266 e. The normalized spacial score (nSPS) is 11.6. The molecule has 0 amide bonds. The van der Waals surface area contributed by atoms with E-state index in [1.54, 1.807) is 6.92 Å². The van der Waals surface area contributed by atoms with Crippen LogP contribution in [0.4, 0.5) is 0 Å². The van der Waals surface area contributed by atoms with Crippen molar-refractivity contribution in [2.24, 2.45) is 0 Å². The van der Waals surface area contributed by atoms with Gasteiger partial charge in [-0.3, -0.25) is 4.18 Å². The van der Waals surface area contributed by atoms with E-state index in [1.165, 1.54) is 6.33 Å². The molecular weight excluding hydrogens is 228 g/mol. The SMILES string of the molecule is CCCOS(=O)(=O)c1cncnc1Cl. The molecular formula is C7H9ClN2O3S. The van der Waals surface area contributed by atoms with Crippen LogP contribution in [0.25, 0.3) is 0 Å². The minimum atomic E-state index is -3.81. The van der Waals surface area contributed by atoms with Crippen LogP contribution in [0, 0.1) is 0 Å². The molecule has 78 valence electrons. The van der Waals surface area contributed by atoms with Crippen LogP contribution in [0.15, 0.2) is 17.4 Å². The third kappa shape index (κ3) is 2.63. The average molecular weight is 237 g/mol. The standard InChI is InChI=1S/C7H9ClN2O3S/c1-2-3-13-14(11,12)6-4-9-5-10-7(6)8/h4-5H,2-3H2,1H3. The highest BCUT2D eigenvalue weighted by atomic mass is 35.5. The summed E-state index contributed by atoms with van der Waals surface area (Å²) in [6.07, 6.45) is 2.88. The quantitative estimate of drug-likeness (QED) is 0.581. The zero-order valence-corrected chi connectivity index (χ0v) is 9.05. The van der Waals surface area contributed by atoms with Crippen molar-refractivity contribution < 1.29 is 12.6 Å². The maximum absolute atomic E-state index is 11.4. The summed E-state index contributed by atoms with van der Waals surface area (Å²) in [6, 6.07) is 0. The topological polar surface area (TPSA) is 69.2 Å². The highest BCUT2D eigenvalue weighted by molar-refractivity contribution is 7.86. The zero-order valence-electron chi connectivity index (χ0n) is 7.47. The minimum Gasteiger partial charge on any atom is -0.266 e. The van der Waals surface area contributed by atoms with Gasteiger partial charge in [0.15, 0.2) is 5.15 Å². The van der Waals surface area contributed by atoms with Crippen LogP contribution < -0.4 is 0 Å². The molecule has 7 heteroatoms. The molecule has 5 nitrogen and oxygen atoms in total. The van der Waals surface area contributed by atoms with Gasteiger partial charge in [-0.1, -0.05) is 18.5 Å². The van der Waals surface area contributed by atoms with Crippen LogP contribution >= 0.6 is 11.6 Å². The summed E-state index contributed by atoms with van der Waals surface area (Å²) in [5.74, 6) is 0. The van der Waals surface area contributed by atoms with Crippen molar-refractivity contribution in [1.82, 2.24) is 9.97 Å². The number of rotatable bonds is 4. The molecule has 0 aromatic carbocycles. The third-order valence-electron chi connectivity index (χ3n) is 1.34. The molecule has 0 atom stereocenters. The molecule has 0 spiro atoms. The van der Waals surface area contributed by atoms with Crippen LogP contribution in [0.1, 0.15) is 13.3 Å². The van der Waals surface area contributed by atoms with Gasteiger partial charge >= 0.3 is 10.1 Å². The van der Waals surface area contributed by atoms with E-state index in [2.05, 4.69) is 14.2 Å². The molecule has 0 bridgehead atoms. The second-order valence-corrected chi connectivity index (χ2v) is 4.40. The summed E-state index contributed by atoms with van der Waals surface area (Å²) in [5, 5.41) is -0.129. The first-order chi connectivity index (χ1) is 6.58. The minimum absolute atomic E-state index is 0.119. The lowest BCUT2D eigenvalue weighted by Crippen LogP contribution is -2.08. The summed E-state index contributed by atoms with van der Waals surface area (Å²) in [4.78, 5) is 6.91. The number of halogens is 1. The summed E-state index contributed by atoms with van der Waals surface area (Å²) in [5.41, 5.74) is 0. The fraction of sp³-hybridized carbons (Fsp3) is 0.429. The lowest BCUT2D eigenvalue weighted by Gasteiger charge is -2.04. The lowest BCUT2D eigenvalue weighted by atomic mass is 10.5. The van der Waals surface area contributed by atoms with Gasteiger partial charge in [0.25, 0.3) is 0 Å². The predicted octanol–water partition coefficient (Wildman–Crippen LogP) is 1.25. The first-order valence-electron chi connectivity index (χ1n) is 3.93. The molecule has 1 rings (SSSR count). The largest absolute Gasteiger partial charge is 0.301 e. The molecule has 0 saturated heterocycles. The molecule has 0 fully saturated rings. The third-order valence-corrected chi connectivity index (χ3v) is 3.07. The van der Waals surface area contributed by atoms with Crippen LogP contribution in [0.5, 0.6) is 0 Å². The molecule has 1 aromatic rings. The van der Waals surface area contributed by atoms with Crippen molar-refractivity contribution in [2.75, 3.05) is 6.61 Å². The fourth-order valence-electron chi connectivity index (χ4n) is 0.726. The Labute approximate surface area is 87.2 Å². The van der Waals surface area contributed by atoms with E-state index >= 15 is 0 Å². The van der Waals surface area contributed by atoms with Crippen LogP contribution in [0.3, 0.4) is 0 Å². The Morgan fingerprint density at radius 1 is 1.57 bits per heavy atom. The van der Waals surface area contributed by atoms with Gasteiger partial charge in [-0.25, -0.2) is 9.97 Å². The molecule has 1 heterocycles. The maximum atomic E-state index is 11.4. The van der Waals surface area contributed by atoms with E-state index in [9.17, 15) is 8.42 Å². The molecule has 1 aromatic heterocycles. The Bertz CT molecular complexity index is 407. The van der Waals surface area contributed by atoms with Crippen LogP contribution in [0.2, 0.25) is 5.15 Å². The van der Waals surface area contributed by atoms with Gasteiger partial charge in [-0.05, 0) is 6.42 Å². The Balaban J connectivity index is 2.99. The maximum Gasteiger partial charge on any atom is 0.301 e. The average Bonchev–Trinajstić information content (AvgIpc) is 2.15. The Kier molecular flexibility index (Phi) is 3.79. The van der Waals surface area contributed by atoms with Gasteiger partial charge in [0.2, 0.25) is 0 Å². The second-order valence-electron chi connectivity index (χ2n) is 2.45. The predicted molar refractivity (Wildman–Crippen MR) is 50.5 cm³/mol. The van der Waals surface area contributed by atoms with E-state index in [4.69, 9.17) is 11.6 Å². The van der Waals surface area contributed by atoms with E-state index in [0.29, 0.717) is 6.42 Å². The summed E-state index contributed by atoms with van der Waals surface area (Å²) in [7, 11) is -3.81. The van der Waals surface area contributed by atoms with Crippen molar-refractivity contribution >= 4 is 21.7 Å². The van der Waals surface area contributed by atoms with Crippen molar-refractivity contribution in [3.8, 4) is 0 Å². The van der Waals surface area contributed by atoms with Gasteiger partial charge in [0, 0.05) is 0 Å². The highest BCUT2D eigenvalue weighted by Crippen LogP contribution is 2.18. The van der Waals surface area contributed by atoms with Crippen molar-refractivity contribution in [1.29, 1.82) is 0 Å². The summed E-state index contributed by atoms with van der Waals surface area (Å²) in [6.45, 7) is 1.92. The van der Waals surface area contributed by atoms with E-state index < -0.39 is 10.1 Å². The van der Waals surface area contributed by atoms with Crippen molar-refractivity contribution in [3.05, 3.63) is 17.7 Å². The number of hydrogen-bond acceptors (Lipinski definition) is 5. The van der Waals surface area contributed by atoms with Crippen LogP contribution in [-0.4, -0.2) is 25.0 Å². The molecule has 14 heavy (non-hydrogen) atoms. The molecule has 0 aliphatic heterocycles. The highest BCUT2D eigenvalue weighted by Gasteiger charge is 2.19. The van der Waals surface area contributed by atoms with E-state index in [0.717, 1.165) is 6.20 Å². The lowest BCUT2D eigenvalue weighted by molar-refractivity contribution is 0.318. The van der Waals surface area contributed by atoms with Gasteiger partial charge in [-0.15, -0.1) is 0 Å². The Morgan fingerprint density at radius 2 is 2.29 bits per heavy atom. The number of nitrogens with zero attached hydrogens (tertiary/aromatic N) is 2. The van der Waals surface area contributed by atoms with Crippen molar-refractivity contribution in [3.63, 3.8) is 0 Å². The van der Waals surface area contributed by atoms with Gasteiger partial charge in [0.1, 0.15) is 11.2 Å². The zero-order chi connectivity index (χ0) is 10.6. The van der Waals surface area contributed by atoms with Gasteiger partial charge in [-0.2, -0.15) is 8.42 Å². The summed E-state index contributed by atoms with van der Waals surface area (Å²) >= 11 is 5.58. The Morgan fingerprint density at radius 3 is 2.86 bits per heavy atom. The number of aromatic nitrogens is 2. The van der Waals surface area contributed by atoms with E-state index in [-0.39, 0.29) is 16.7 Å². The summed E-state index contributed by atoms with van der Waals surface area (Å²) < 4.78 is 27.5. The first kappa shape index (κ1) is 11.4. The second kappa shape index (κ2) is 4.68. The van der Waals surface area contributed by atoms with Gasteiger partial charge in [0.05, 0.1) is 12.8 Å².